The summed E-state index contributed by atoms with van der Waals surface area (Å²) in [6.07, 6.45) is 2.60. The van der Waals surface area contributed by atoms with Crippen LogP contribution in [0.15, 0.2) is 11.1 Å². The van der Waals surface area contributed by atoms with E-state index in [1.54, 1.807) is 0 Å². The Balaban J connectivity index is 2.30. The number of hydrogen-bond acceptors (Lipinski definition) is 2. The summed E-state index contributed by atoms with van der Waals surface area (Å²) in [7, 11) is 2.04. The molecule has 1 N–H and O–H groups in total. The fourth-order valence-electron chi connectivity index (χ4n) is 1.68. The number of likely N-dealkylation sites (tertiary alicyclic amines) is 1. The van der Waals surface area contributed by atoms with Gasteiger partial charge in [0.15, 0.2) is 0 Å². The summed E-state index contributed by atoms with van der Waals surface area (Å²) in [5, 5.41) is 3.32. The van der Waals surface area contributed by atoms with Gasteiger partial charge in [-0.1, -0.05) is 22.5 Å². The summed E-state index contributed by atoms with van der Waals surface area (Å²) in [6.45, 7) is 7.20. The highest BCUT2D eigenvalue weighted by molar-refractivity contribution is 9.11. The number of likely N-dealkylation sites (N-methyl/N-ethyl adjacent to an activating group) is 1. The van der Waals surface area contributed by atoms with Crippen molar-refractivity contribution in [3.05, 3.63) is 11.1 Å². The highest BCUT2D eigenvalue weighted by atomic mass is 79.9. The topological polar surface area (TPSA) is 15.3 Å². The van der Waals surface area contributed by atoms with E-state index in [-0.39, 0.29) is 0 Å². The monoisotopic (exact) mass is 232 g/mol. The summed E-state index contributed by atoms with van der Waals surface area (Å²) < 4.78 is 1.08. The molecule has 70 valence electrons. The van der Waals surface area contributed by atoms with Gasteiger partial charge >= 0.3 is 0 Å². The summed E-state index contributed by atoms with van der Waals surface area (Å²) in [5.41, 5.74) is 0. The van der Waals surface area contributed by atoms with Crippen molar-refractivity contribution in [3.8, 4) is 0 Å². The minimum absolute atomic E-state index is 0.672. The predicted octanol–water partition coefficient (Wildman–Crippen LogP) is 1.58. The van der Waals surface area contributed by atoms with E-state index in [0.29, 0.717) is 6.04 Å². The molecule has 1 fully saturated rings. The molecule has 1 aliphatic rings. The van der Waals surface area contributed by atoms with Gasteiger partial charge in [0.05, 0.1) is 0 Å². The van der Waals surface area contributed by atoms with Gasteiger partial charge in [-0.25, -0.2) is 0 Å². The number of hydrogen-bond donors (Lipinski definition) is 1. The lowest BCUT2D eigenvalue weighted by molar-refractivity contribution is 0.212. The molecular weight excluding hydrogens is 216 g/mol. The summed E-state index contributed by atoms with van der Waals surface area (Å²) >= 11 is 3.40. The van der Waals surface area contributed by atoms with E-state index in [1.807, 2.05) is 7.05 Å². The van der Waals surface area contributed by atoms with Crippen molar-refractivity contribution in [1.82, 2.24) is 10.2 Å². The third-order valence-electron chi connectivity index (χ3n) is 2.31. The van der Waals surface area contributed by atoms with E-state index in [4.69, 9.17) is 0 Å². The zero-order valence-electron chi connectivity index (χ0n) is 7.65. The van der Waals surface area contributed by atoms with Crippen molar-refractivity contribution in [2.75, 3.05) is 26.7 Å². The Kier molecular flexibility index (Phi) is 4.26. The van der Waals surface area contributed by atoms with Crippen LogP contribution in [0.2, 0.25) is 0 Å². The Morgan fingerprint density at radius 3 is 3.08 bits per heavy atom. The van der Waals surface area contributed by atoms with Crippen LogP contribution < -0.4 is 5.32 Å². The van der Waals surface area contributed by atoms with Gasteiger partial charge in [-0.05, 0) is 26.4 Å². The third kappa shape index (κ3) is 3.25. The standard InChI is InChI=1S/C9H17BrN2/c1-8(10)6-12-5-3-4-9(7-12)11-2/h9,11H,1,3-7H2,2H3. The van der Waals surface area contributed by atoms with Crippen molar-refractivity contribution in [2.24, 2.45) is 0 Å². The van der Waals surface area contributed by atoms with Gasteiger partial charge in [0.2, 0.25) is 0 Å². The lowest BCUT2D eigenvalue weighted by atomic mass is 10.1. The van der Waals surface area contributed by atoms with Crippen LogP contribution in [0.25, 0.3) is 0 Å². The van der Waals surface area contributed by atoms with Crippen LogP contribution in [0.3, 0.4) is 0 Å². The molecule has 1 atom stereocenters. The second-order valence-electron chi connectivity index (χ2n) is 3.38. The van der Waals surface area contributed by atoms with E-state index in [2.05, 4.69) is 32.7 Å². The molecule has 0 bridgehead atoms. The van der Waals surface area contributed by atoms with Crippen LogP contribution in [0.1, 0.15) is 12.8 Å². The minimum atomic E-state index is 0.672. The fourth-order valence-corrected chi connectivity index (χ4v) is 2.03. The first-order valence-corrected chi connectivity index (χ1v) is 5.24. The van der Waals surface area contributed by atoms with Crippen molar-refractivity contribution >= 4 is 15.9 Å². The smallest absolute Gasteiger partial charge is 0.0294 e. The van der Waals surface area contributed by atoms with Crippen LogP contribution >= 0.6 is 15.9 Å². The first-order chi connectivity index (χ1) is 5.72. The maximum absolute atomic E-state index is 3.85. The Morgan fingerprint density at radius 2 is 2.50 bits per heavy atom. The van der Waals surface area contributed by atoms with Crippen LogP contribution in [0, 0.1) is 0 Å². The van der Waals surface area contributed by atoms with Crippen molar-refractivity contribution in [2.45, 2.75) is 18.9 Å². The van der Waals surface area contributed by atoms with Crippen LogP contribution in [-0.4, -0.2) is 37.6 Å². The second kappa shape index (κ2) is 5.00. The van der Waals surface area contributed by atoms with Gasteiger partial charge in [0, 0.05) is 23.6 Å². The van der Waals surface area contributed by atoms with Crippen molar-refractivity contribution in [3.63, 3.8) is 0 Å². The summed E-state index contributed by atoms with van der Waals surface area (Å²) in [5.74, 6) is 0. The summed E-state index contributed by atoms with van der Waals surface area (Å²) in [4.78, 5) is 2.43. The van der Waals surface area contributed by atoms with Gasteiger partial charge in [0.25, 0.3) is 0 Å². The maximum atomic E-state index is 3.85. The minimum Gasteiger partial charge on any atom is -0.316 e. The van der Waals surface area contributed by atoms with E-state index in [0.717, 1.165) is 17.6 Å². The number of nitrogens with one attached hydrogen (secondary N) is 1. The molecule has 12 heavy (non-hydrogen) atoms. The predicted molar refractivity (Wildman–Crippen MR) is 56.6 cm³/mol. The van der Waals surface area contributed by atoms with Crippen LogP contribution in [0.4, 0.5) is 0 Å². The van der Waals surface area contributed by atoms with E-state index < -0.39 is 0 Å². The molecule has 0 saturated carbocycles. The van der Waals surface area contributed by atoms with Crippen LogP contribution in [-0.2, 0) is 0 Å². The number of halogens is 1. The highest BCUT2D eigenvalue weighted by Crippen LogP contribution is 2.12. The Morgan fingerprint density at radius 1 is 1.75 bits per heavy atom. The molecule has 0 aromatic carbocycles. The molecule has 1 unspecified atom stereocenters. The molecule has 1 rings (SSSR count). The third-order valence-corrected chi connectivity index (χ3v) is 2.56. The number of nitrogens with zero attached hydrogens (tertiary/aromatic N) is 1. The molecular formula is C9H17BrN2. The molecule has 2 nitrogen and oxygen atoms in total. The zero-order valence-corrected chi connectivity index (χ0v) is 9.23. The first kappa shape index (κ1) is 10.2. The van der Waals surface area contributed by atoms with Gasteiger partial charge in [0.1, 0.15) is 0 Å². The normalized spacial score (nSPS) is 25.7. The lowest BCUT2D eigenvalue weighted by Crippen LogP contribution is -2.44. The van der Waals surface area contributed by atoms with E-state index >= 15 is 0 Å². The molecule has 1 aliphatic heterocycles. The second-order valence-corrected chi connectivity index (χ2v) is 4.50. The number of piperidine rings is 1. The zero-order chi connectivity index (χ0) is 8.97. The molecule has 3 heteroatoms. The molecule has 0 amide bonds. The Hall–Kier alpha value is 0.140. The Labute approximate surface area is 83.1 Å². The molecule has 0 aliphatic carbocycles. The average Bonchev–Trinajstić information content (AvgIpc) is 2.03. The van der Waals surface area contributed by atoms with Gasteiger partial charge in [-0.15, -0.1) is 0 Å². The van der Waals surface area contributed by atoms with Crippen molar-refractivity contribution in [1.29, 1.82) is 0 Å². The van der Waals surface area contributed by atoms with Crippen molar-refractivity contribution < 1.29 is 0 Å². The molecule has 0 spiro atoms. The first-order valence-electron chi connectivity index (χ1n) is 4.45. The molecule has 1 saturated heterocycles. The molecule has 0 aromatic rings. The van der Waals surface area contributed by atoms with E-state index in [1.165, 1.54) is 19.4 Å². The fraction of sp³-hybridized carbons (Fsp3) is 0.778. The maximum Gasteiger partial charge on any atom is 0.0294 e. The number of rotatable bonds is 3. The average molecular weight is 233 g/mol. The molecule has 1 heterocycles. The Bertz CT molecular complexity index is 159. The van der Waals surface area contributed by atoms with Gasteiger partial charge in [-0.3, -0.25) is 4.90 Å². The molecule has 0 radical (unpaired) electrons. The van der Waals surface area contributed by atoms with Crippen LogP contribution in [0.5, 0.6) is 0 Å². The van der Waals surface area contributed by atoms with Gasteiger partial charge in [-0.2, -0.15) is 0 Å². The van der Waals surface area contributed by atoms with Gasteiger partial charge < -0.3 is 5.32 Å². The van der Waals surface area contributed by atoms with E-state index in [9.17, 15) is 0 Å². The SMILES string of the molecule is C=C(Br)CN1CCCC(NC)C1. The molecule has 0 aromatic heterocycles. The highest BCUT2D eigenvalue weighted by Gasteiger charge is 2.17. The lowest BCUT2D eigenvalue weighted by Gasteiger charge is -2.32. The summed E-state index contributed by atoms with van der Waals surface area (Å²) in [6, 6.07) is 0.672. The quantitative estimate of drug-likeness (QED) is 0.796. The largest absolute Gasteiger partial charge is 0.316 e.